The summed E-state index contributed by atoms with van der Waals surface area (Å²) in [7, 11) is 0. The number of benzene rings is 1. The van der Waals surface area contributed by atoms with Gasteiger partial charge < -0.3 is 11.1 Å². The van der Waals surface area contributed by atoms with Crippen molar-refractivity contribution in [1.82, 2.24) is 4.98 Å². The van der Waals surface area contributed by atoms with Gasteiger partial charge in [-0.25, -0.2) is 9.37 Å². The average molecular weight is 272 g/mol. The summed E-state index contributed by atoms with van der Waals surface area (Å²) in [6, 6.07) is 7.29. The van der Waals surface area contributed by atoms with E-state index < -0.39 is 0 Å². The van der Waals surface area contributed by atoms with Crippen molar-refractivity contribution in [3.05, 3.63) is 46.2 Å². The van der Waals surface area contributed by atoms with E-state index in [0.29, 0.717) is 21.6 Å². The number of hydrogen-bond acceptors (Lipinski definition) is 3. The van der Waals surface area contributed by atoms with Crippen molar-refractivity contribution in [1.29, 1.82) is 0 Å². The van der Waals surface area contributed by atoms with Crippen LogP contribution in [0.1, 0.15) is 0 Å². The third-order valence-electron chi connectivity index (χ3n) is 2.06. The maximum Gasteiger partial charge on any atom is 0.151 e. The molecule has 1 aromatic carbocycles. The number of hydrogen-bond donors (Lipinski definition) is 2. The first-order chi connectivity index (χ1) is 8.06. The minimum Gasteiger partial charge on any atom is -0.382 e. The molecule has 3 N–H and O–H groups in total. The summed E-state index contributed by atoms with van der Waals surface area (Å²) in [5.74, 6) is 0.242. The Bertz CT molecular complexity index is 543. The van der Waals surface area contributed by atoms with Gasteiger partial charge in [0.15, 0.2) is 5.82 Å². The molecule has 0 radical (unpaired) electrons. The molecule has 2 rings (SSSR count). The molecule has 0 saturated carbocycles. The van der Waals surface area contributed by atoms with E-state index in [1.807, 2.05) is 0 Å². The van der Waals surface area contributed by atoms with Crippen LogP contribution in [0.15, 0.2) is 30.3 Å². The minimum absolute atomic E-state index is 0.181. The van der Waals surface area contributed by atoms with Gasteiger partial charge >= 0.3 is 0 Å². The average Bonchev–Trinajstić information content (AvgIpc) is 2.29. The highest BCUT2D eigenvalue weighted by Crippen LogP contribution is 2.29. The fraction of sp³-hybridized carbons (Fsp3) is 0. The van der Waals surface area contributed by atoms with Gasteiger partial charge in [0.05, 0.1) is 10.0 Å². The maximum atomic E-state index is 12.7. The highest BCUT2D eigenvalue weighted by atomic mass is 35.5. The number of nitrogens with zero attached hydrogens (tertiary/aromatic N) is 1. The number of nitrogen functional groups attached to an aromatic ring is 1. The molecule has 88 valence electrons. The Morgan fingerprint density at radius 2 is 1.76 bits per heavy atom. The second-order valence-corrected chi connectivity index (χ2v) is 4.13. The number of nitrogens with two attached hydrogens (primary N) is 1. The summed E-state index contributed by atoms with van der Waals surface area (Å²) in [5.41, 5.74) is 6.22. The number of anilines is 3. The van der Waals surface area contributed by atoms with Crippen LogP contribution in [0.3, 0.4) is 0 Å². The van der Waals surface area contributed by atoms with Crippen LogP contribution < -0.4 is 11.1 Å². The maximum absolute atomic E-state index is 12.7. The molecular weight excluding hydrogens is 264 g/mol. The van der Waals surface area contributed by atoms with Gasteiger partial charge in [-0.15, -0.1) is 0 Å². The van der Waals surface area contributed by atoms with Crippen LogP contribution in [0.2, 0.25) is 10.0 Å². The van der Waals surface area contributed by atoms with E-state index in [9.17, 15) is 4.39 Å². The lowest BCUT2D eigenvalue weighted by Gasteiger charge is -2.08. The number of pyridine rings is 1. The third kappa shape index (κ3) is 2.78. The molecule has 0 bridgehead atoms. The number of aromatic nitrogens is 1. The van der Waals surface area contributed by atoms with E-state index in [1.165, 1.54) is 18.2 Å². The van der Waals surface area contributed by atoms with Crippen LogP contribution in [-0.4, -0.2) is 4.98 Å². The quantitative estimate of drug-likeness (QED) is 0.872. The number of rotatable bonds is 2. The highest BCUT2D eigenvalue weighted by Gasteiger charge is 2.07. The number of halogens is 3. The zero-order valence-corrected chi connectivity index (χ0v) is 10.1. The van der Waals surface area contributed by atoms with Crippen LogP contribution >= 0.6 is 23.2 Å². The Morgan fingerprint density at radius 3 is 2.41 bits per heavy atom. The van der Waals surface area contributed by atoms with Crippen molar-refractivity contribution >= 4 is 40.5 Å². The molecule has 0 amide bonds. The Morgan fingerprint density at radius 1 is 1.12 bits per heavy atom. The topological polar surface area (TPSA) is 50.9 Å². The molecule has 0 aliphatic carbocycles. The summed E-state index contributed by atoms with van der Waals surface area (Å²) in [4.78, 5) is 4.00. The van der Waals surface area contributed by atoms with Crippen LogP contribution in [0, 0.1) is 5.82 Å². The standard InChI is InChI=1S/C11H8Cl2FN3/c12-8-5-9(13)11(17-10(8)15)16-7-3-1-6(14)2-4-7/h1-5H,(H3,15,16,17). The van der Waals surface area contributed by atoms with E-state index in [2.05, 4.69) is 10.3 Å². The fourth-order valence-corrected chi connectivity index (χ4v) is 1.64. The first kappa shape index (κ1) is 12.0. The van der Waals surface area contributed by atoms with E-state index >= 15 is 0 Å². The second-order valence-electron chi connectivity index (χ2n) is 3.32. The molecule has 0 fully saturated rings. The molecule has 3 nitrogen and oxygen atoms in total. The van der Waals surface area contributed by atoms with Gasteiger partial charge in [-0.05, 0) is 30.3 Å². The zero-order valence-electron chi connectivity index (χ0n) is 8.55. The van der Waals surface area contributed by atoms with Crippen LogP contribution in [0.5, 0.6) is 0 Å². The predicted octanol–water partition coefficient (Wildman–Crippen LogP) is 3.85. The van der Waals surface area contributed by atoms with Gasteiger partial charge in [0.1, 0.15) is 11.6 Å². The molecule has 2 aromatic rings. The second kappa shape index (κ2) is 4.77. The molecule has 0 aliphatic rings. The predicted molar refractivity (Wildman–Crippen MR) is 68.4 cm³/mol. The normalized spacial score (nSPS) is 10.3. The third-order valence-corrected chi connectivity index (χ3v) is 2.65. The Hall–Kier alpha value is -1.52. The van der Waals surface area contributed by atoms with E-state index in [4.69, 9.17) is 28.9 Å². The largest absolute Gasteiger partial charge is 0.382 e. The van der Waals surface area contributed by atoms with Crippen molar-refractivity contribution < 1.29 is 4.39 Å². The zero-order chi connectivity index (χ0) is 12.4. The molecule has 0 saturated heterocycles. The number of nitrogens with one attached hydrogen (secondary N) is 1. The van der Waals surface area contributed by atoms with Gasteiger partial charge in [-0.3, -0.25) is 0 Å². The summed E-state index contributed by atoms with van der Waals surface area (Å²) in [6.45, 7) is 0. The van der Waals surface area contributed by atoms with Crippen molar-refractivity contribution in [2.75, 3.05) is 11.1 Å². The fourth-order valence-electron chi connectivity index (χ4n) is 1.24. The Balaban J connectivity index is 2.30. The molecule has 0 spiro atoms. The molecular formula is C11H8Cl2FN3. The Kier molecular flexibility index (Phi) is 3.36. The monoisotopic (exact) mass is 271 g/mol. The molecule has 0 atom stereocenters. The van der Waals surface area contributed by atoms with Crippen molar-refractivity contribution in [3.8, 4) is 0 Å². The molecule has 0 aliphatic heterocycles. The van der Waals surface area contributed by atoms with Crippen LogP contribution in [0.25, 0.3) is 0 Å². The first-order valence-corrected chi connectivity index (χ1v) is 5.46. The van der Waals surface area contributed by atoms with Crippen molar-refractivity contribution in [3.63, 3.8) is 0 Å². The van der Waals surface area contributed by atoms with Crippen molar-refractivity contribution in [2.45, 2.75) is 0 Å². The van der Waals surface area contributed by atoms with Gasteiger partial charge in [-0.1, -0.05) is 23.2 Å². The van der Waals surface area contributed by atoms with Gasteiger partial charge in [0.25, 0.3) is 0 Å². The van der Waals surface area contributed by atoms with E-state index in [-0.39, 0.29) is 11.6 Å². The van der Waals surface area contributed by atoms with Gasteiger partial charge in [-0.2, -0.15) is 0 Å². The summed E-state index contributed by atoms with van der Waals surface area (Å²) in [5, 5.41) is 3.55. The Labute approximate surface area is 107 Å². The lowest BCUT2D eigenvalue weighted by molar-refractivity contribution is 0.628. The van der Waals surface area contributed by atoms with Crippen LogP contribution in [-0.2, 0) is 0 Å². The first-order valence-electron chi connectivity index (χ1n) is 4.70. The lowest BCUT2D eigenvalue weighted by Crippen LogP contribution is -1.99. The SMILES string of the molecule is Nc1nc(Nc2ccc(F)cc2)c(Cl)cc1Cl. The minimum atomic E-state index is -0.315. The van der Waals surface area contributed by atoms with E-state index in [0.717, 1.165) is 0 Å². The van der Waals surface area contributed by atoms with Gasteiger partial charge in [0, 0.05) is 5.69 Å². The molecule has 1 aromatic heterocycles. The molecule has 17 heavy (non-hydrogen) atoms. The lowest BCUT2D eigenvalue weighted by atomic mass is 10.3. The highest BCUT2D eigenvalue weighted by molar-refractivity contribution is 6.37. The molecule has 6 heteroatoms. The molecule has 1 heterocycles. The smallest absolute Gasteiger partial charge is 0.151 e. The summed E-state index contributed by atoms with van der Waals surface area (Å²) < 4.78 is 12.7. The van der Waals surface area contributed by atoms with Crippen molar-refractivity contribution in [2.24, 2.45) is 0 Å². The van der Waals surface area contributed by atoms with Crippen LogP contribution in [0.4, 0.5) is 21.7 Å². The van der Waals surface area contributed by atoms with Gasteiger partial charge in [0.2, 0.25) is 0 Å². The molecule has 0 unspecified atom stereocenters. The van der Waals surface area contributed by atoms with E-state index in [1.54, 1.807) is 12.1 Å². The summed E-state index contributed by atoms with van der Waals surface area (Å²) >= 11 is 11.7. The summed E-state index contributed by atoms with van der Waals surface area (Å²) in [6.07, 6.45) is 0.